The summed E-state index contributed by atoms with van der Waals surface area (Å²) in [6.45, 7) is 3.91. The van der Waals surface area contributed by atoms with Gasteiger partial charge in [-0.15, -0.1) is 0 Å². The molecule has 0 bridgehead atoms. The fraction of sp³-hybridized carbons (Fsp3) is 0.333. The summed E-state index contributed by atoms with van der Waals surface area (Å²) in [6, 6.07) is 6.25. The van der Waals surface area contributed by atoms with Gasteiger partial charge in [0.15, 0.2) is 6.29 Å². The van der Waals surface area contributed by atoms with Crippen LogP contribution in [0.15, 0.2) is 30.8 Å². The van der Waals surface area contributed by atoms with Gasteiger partial charge in [-0.3, -0.25) is 10.1 Å². The molecule has 0 spiro atoms. The van der Waals surface area contributed by atoms with Crippen molar-refractivity contribution in [3.63, 3.8) is 0 Å². The minimum Gasteiger partial charge on any atom is -0.356 e. The van der Waals surface area contributed by atoms with Crippen LogP contribution in [0.5, 0.6) is 0 Å². The topological polar surface area (TPSA) is 61.6 Å². The van der Waals surface area contributed by atoms with E-state index in [0.717, 1.165) is 11.1 Å². The lowest BCUT2D eigenvalue weighted by Crippen LogP contribution is -2.13. The smallest absolute Gasteiger partial charge is 0.269 e. The minimum atomic E-state index is -0.431. The van der Waals surface area contributed by atoms with E-state index in [0.29, 0.717) is 6.42 Å². The van der Waals surface area contributed by atoms with Gasteiger partial charge in [0.05, 0.1) is 4.92 Å². The van der Waals surface area contributed by atoms with E-state index in [1.807, 2.05) is 0 Å². The van der Waals surface area contributed by atoms with Gasteiger partial charge in [0, 0.05) is 32.8 Å². The molecule has 0 fully saturated rings. The number of non-ortho nitro benzene ring substituents is 1. The summed E-state index contributed by atoms with van der Waals surface area (Å²) in [5.74, 6) is 0. The van der Waals surface area contributed by atoms with Crippen molar-refractivity contribution >= 4 is 11.3 Å². The zero-order chi connectivity index (χ0) is 12.8. The van der Waals surface area contributed by atoms with Gasteiger partial charge in [-0.25, -0.2) is 0 Å². The summed E-state index contributed by atoms with van der Waals surface area (Å²) >= 11 is 0. The summed E-state index contributed by atoms with van der Waals surface area (Å²) in [7, 11) is 3.11. The Balaban J connectivity index is 2.73. The van der Waals surface area contributed by atoms with E-state index in [1.54, 1.807) is 26.4 Å². The van der Waals surface area contributed by atoms with Crippen molar-refractivity contribution in [3.8, 4) is 0 Å². The molecule has 1 aromatic rings. The van der Waals surface area contributed by atoms with Crippen LogP contribution in [0.25, 0.3) is 5.57 Å². The highest BCUT2D eigenvalue weighted by Crippen LogP contribution is 2.21. The number of nitro benzene ring substituents is 1. The number of nitrogens with zero attached hydrogens (tertiary/aromatic N) is 1. The molecule has 0 aliphatic rings. The first kappa shape index (κ1) is 13.3. The Morgan fingerprint density at radius 3 is 2.29 bits per heavy atom. The highest BCUT2D eigenvalue weighted by molar-refractivity contribution is 5.64. The third kappa shape index (κ3) is 3.65. The van der Waals surface area contributed by atoms with Gasteiger partial charge in [-0.2, -0.15) is 0 Å². The molecule has 92 valence electrons. The molecule has 0 saturated carbocycles. The third-order valence-corrected chi connectivity index (χ3v) is 2.43. The average Bonchev–Trinajstić information content (AvgIpc) is 2.35. The fourth-order valence-electron chi connectivity index (χ4n) is 1.40. The predicted molar refractivity (Wildman–Crippen MR) is 64.6 cm³/mol. The molecule has 0 aromatic heterocycles. The van der Waals surface area contributed by atoms with Crippen molar-refractivity contribution in [2.45, 2.75) is 12.7 Å². The van der Waals surface area contributed by atoms with E-state index in [-0.39, 0.29) is 12.0 Å². The van der Waals surface area contributed by atoms with Gasteiger partial charge in [-0.05, 0) is 23.3 Å². The predicted octanol–water partition coefficient (Wildman–Crippen LogP) is 2.62. The van der Waals surface area contributed by atoms with Crippen molar-refractivity contribution < 1.29 is 14.4 Å². The summed E-state index contributed by atoms with van der Waals surface area (Å²) in [5.41, 5.74) is 1.72. The van der Waals surface area contributed by atoms with Crippen molar-refractivity contribution in [3.05, 3.63) is 46.5 Å². The summed E-state index contributed by atoms with van der Waals surface area (Å²) in [5, 5.41) is 10.5. The first-order valence-electron chi connectivity index (χ1n) is 5.06. The van der Waals surface area contributed by atoms with Gasteiger partial charge in [-0.1, -0.05) is 6.58 Å². The quantitative estimate of drug-likeness (QED) is 0.433. The zero-order valence-corrected chi connectivity index (χ0v) is 9.88. The maximum absolute atomic E-state index is 10.5. The van der Waals surface area contributed by atoms with Gasteiger partial charge < -0.3 is 9.47 Å². The molecule has 0 atom stereocenters. The van der Waals surface area contributed by atoms with Crippen molar-refractivity contribution in [1.82, 2.24) is 0 Å². The fourth-order valence-corrected chi connectivity index (χ4v) is 1.40. The standard InChI is InChI=1S/C12H15NO4/c1-9(8-12(16-2)17-3)10-4-6-11(7-5-10)13(14)15/h4-7,12H,1,8H2,2-3H3. The summed E-state index contributed by atoms with van der Waals surface area (Å²) < 4.78 is 10.1. The molecular formula is C12H15NO4. The normalized spacial score (nSPS) is 10.5. The SMILES string of the molecule is C=C(CC(OC)OC)c1ccc([N+](=O)[O-])cc1. The number of hydrogen-bond acceptors (Lipinski definition) is 4. The van der Waals surface area contributed by atoms with Crippen LogP contribution in [-0.4, -0.2) is 25.4 Å². The number of benzene rings is 1. The Kier molecular flexibility index (Phi) is 4.81. The largest absolute Gasteiger partial charge is 0.356 e. The van der Waals surface area contributed by atoms with Crippen LogP contribution in [0.3, 0.4) is 0 Å². The second-order valence-electron chi connectivity index (χ2n) is 3.51. The Bertz CT molecular complexity index is 395. The average molecular weight is 237 g/mol. The van der Waals surface area contributed by atoms with Crippen LogP contribution >= 0.6 is 0 Å². The van der Waals surface area contributed by atoms with Gasteiger partial charge in [0.25, 0.3) is 5.69 Å². The number of nitro groups is 1. The van der Waals surface area contributed by atoms with Crippen LogP contribution in [0, 0.1) is 10.1 Å². The lowest BCUT2D eigenvalue weighted by atomic mass is 10.0. The Labute approximate surface area is 99.8 Å². The van der Waals surface area contributed by atoms with Crippen molar-refractivity contribution in [2.75, 3.05) is 14.2 Å². The van der Waals surface area contributed by atoms with E-state index in [2.05, 4.69) is 6.58 Å². The first-order valence-corrected chi connectivity index (χ1v) is 5.06. The zero-order valence-electron chi connectivity index (χ0n) is 9.88. The maximum atomic E-state index is 10.5. The lowest BCUT2D eigenvalue weighted by Gasteiger charge is -2.14. The van der Waals surface area contributed by atoms with E-state index < -0.39 is 4.92 Å². The summed E-state index contributed by atoms with van der Waals surface area (Å²) in [4.78, 5) is 10.1. The third-order valence-electron chi connectivity index (χ3n) is 2.43. The Morgan fingerprint density at radius 1 is 1.35 bits per heavy atom. The Morgan fingerprint density at radius 2 is 1.88 bits per heavy atom. The summed E-state index contributed by atoms with van der Waals surface area (Å²) in [6.07, 6.45) is 0.169. The van der Waals surface area contributed by atoms with Crippen molar-refractivity contribution in [2.24, 2.45) is 0 Å². The monoisotopic (exact) mass is 237 g/mol. The molecule has 0 saturated heterocycles. The molecule has 5 nitrogen and oxygen atoms in total. The number of hydrogen-bond donors (Lipinski definition) is 0. The second kappa shape index (κ2) is 6.12. The highest BCUT2D eigenvalue weighted by Gasteiger charge is 2.10. The molecule has 0 aliphatic heterocycles. The van der Waals surface area contributed by atoms with Crippen LogP contribution in [0.4, 0.5) is 5.69 Å². The number of rotatable bonds is 6. The number of methoxy groups -OCH3 is 2. The van der Waals surface area contributed by atoms with Gasteiger partial charge in [0.2, 0.25) is 0 Å². The molecule has 0 radical (unpaired) electrons. The van der Waals surface area contributed by atoms with Crippen LogP contribution < -0.4 is 0 Å². The van der Waals surface area contributed by atoms with E-state index in [9.17, 15) is 10.1 Å². The second-order valence-corrected chi connectivity index (χ2v) is 3.51. The molecule has 0 heterocycles. The number of ether oxygens (including phenoxy) is 2. The van der Waals surface area contributed by atoms with Crippen molar-refractivity contribution in [1.29, 1.82) is 0 Å². The first-order chi connectivity index (χ1) is 8.08. The maximum Gasteiger partial charge on any atom is 0.269 e. The molecule has 0 aliphatic carbocycles. The van der Waals surface area contributed by atoms with Crippen LogP contribution in [0.1, 0.15) is 12.0 Å². The van der Waals surface area contributed by atoms with Gasteiger partial charge >= 0.3 is 0 Å². The molecule has 1 rings (SSSR count). The lowest BCUT2D eigenvalue weighted by molar-refractivity contribution is -0.384. The van der Waals surface area contributed by atoms with E-state index in [4.69, 9.17) is 9.47 Å². The highest BCUT2D eigenvalue weighted by atomic mass is 16.7. The van der Waals surface area contributed by atoms with E-state index in [1.165, 1.54) is 12.1 Å². The Hall–Kier alpha value is -1.72. The molecule has 0 N–H and O–H groups in total. The minimum absolute atomic E-state index is 0.0663. The van der Waals surface area contributed by atoms with E-state index >= 15 is 0 Å². The molecular weight excluding hydrogens is 222 g/mol. The molecule has 0 unspecified atom stereocenters. The van der Waals surface area contributed by atoms with Gasteiger partial charge in [0.1, 0.15) is 0 Å². The van der Waals surface area contributed by atoms with Crippen LogP contribution in [0.2, 0.25) is 0 Å². The molecule has 0 amide bonds. The molecule has 17 heavy (non-hydrogen) atoms. The molecule has 1 aromatic carbocycles. The molecule has 5 heteroatoms. The van der Waals surface area contributed by atoms with Crippen LogP contribution in [-0.2, 0) is 9.47 Å².